The first kappa shape index (κ1) is 30.6. The molecule has 0 spiro atoms. The SMILES string of the molecule is [2H]C(CC)(CC)c1ccc(-c2[c-]ccc3c2oc2nc(-c4c(C)cccc4C)ccc23)nc1.[Ir].[c-]1ccccc1-c1ccccn1. The van der Waals surface area contributed by atoms with Gasteiger partial charge in [0, 0.05) is 44.8 Å². The number of aromatic nitrogens is 3. The van der Waals surface area contributed by atoms with Crippen LogP contribution in [0.1, 0.15) is 50.6 Å². The molecule has 3 aromatic carbocycles. The number of nitrogens with zero attached hydrogens (tertiary/aromatic N) is 3. The maximum atomic E-state index is 8.68. The Hall–Kier alpha value is -4.44. The van der Waals surface area contributed by atoms with Gasteiger partial charge in [-0.1, -0.05) is 67.3 Å². The van der Waals surface area contributed by atoms with Crippen LogP contribution >= 0.6 is 0 Å². The molecule has 0 aliphatic carbocycles. The molecule has 0 fully saturated rings. The minimum absolute atomic E-state index is 0. The summed E-state index contributed by atoms with van der Waals surface area (Å²) >= 11 is 0. The second-order valence-electron chi connectivity index (χ2n) is 10.7. The monoisotopic (exact) mass is 767 g/mol. The summed E-state index contributed by atoms with van der Waals surface area (Å²) in [5, 5.41) is 1.98. The number of fused-ring (bicyclic) bond motifs is 3. The van der Waals surface area contributed by atoms with Crippen molar-refractivity contribution in [2.24, 2.45) is 0 Å². The van der Waals surface area contributed by atoms with Gasteiger partial charge in [-0.05, 0) is 78.9 Å². The Morgan fingerprint density at radius 3 is 2.18 bits per heavy atom. The number of hydrogen-bond donors (Lipinski definition) is 0. The zero-order valence-corrected chi connectivity index (χ0v) is 28.3. The van der Waals surface area contributed by atoms with Crippen molar-refractivity contribution in [3.63, 3.8) is 0 Å². The molecule has 0 N–H and O–H groups in total. The molecule has 1 radical (unpaired) electrons. The van der Waals surface area contributed by atoms with Crippen molar-refractivity contribution in [3.05, 3.63) is 138 Å². The zero-order valence-electron chi connectivity index (χ0n) is 26.9. The summed E-state index contributed by atoms with van der Waals surface area (Å²) in [5.41, 5.74) is 10.4. The van der Waals surface area contributed by atoms with Gasteiger partial charge in [0.05, 0.1) is 11.3 Å². The van der Waals surface area contributed by atoms with Crippen LogP contribution in [0.3, 0.4) is 0 Å². The van der Waals surface area contributed by atoms with Gasteiger partial charge in [-0.25, -0.2) is 4.98 Å². The maximum Gasteiger partial charge on any atom is 0.216 e. The molecule has 45 heavy (non-hydrogen) atoms. The van der Waals surface area contributed by atoms with E-state index in [1.165, 1.54) is 11.1 Å². The number of benzene rings is 3. The molecule has 0 aliphatic rings. The summed E-state index contributed by atoms with van der Waals surface area (Å²) in [6, 6.07) is 38.5. The molecular formula is C40H35IrN3O-2. The molecule has 7 aromatic rings. The summed E-state index contributed by atoms with van der Waals surface area (Å²) < 4.78 is 15.0. The van der Waals surface area contributed by atoms with Crippen LogP contribution in [-0.4, -0.2) is 15.0 Å². The molecule has 0 saturated heterocycles. The van der Waals surface area contributed by atoms with Crippen LogP contribution in [0.4, 0.5) is 0 Å². The molecule has 4 heterocycles. The van der Waals surface area contributed by atoms with E-state index in [2.05, 4.69) is 66.3 Å². The fourth-order valence-electron chi connectivity index (χ4n) is 5.65. The van der Waals surface area contributed by atoms with Crippen LogP contribution in [0.5, 0.6) is 0 Å². The predicted octanol–water partition coefficient (Wildman–Crippen LogP) is 10.6. The standard InChI is InChI=1S/C29H27N2O.C11H8N.Ir/c1-5-20(6-2)21-13-15-25(30-17-21)24-12-8-11-22-23-14-16-26(31-29(23)32-28(22)24)27-18(3)9-7-10-19(27)4;1-2-6-10(7-3-1)11-8-4-5-9-12-11;/h7-11,13-17,20H,5-6H2,1-4H3;1-6,8-9H;/q2*-1;/i20D;;. The summed E-state index contributed by atoms with van der Waals surface area (Å²) in [4.78, 5) is 13.8. The molecule has 0 aliphatic heterocycles. The first-order valence-electron chi connectivity index (χ1n) is 15.6. The minimum Gasteiger partial charge on any atom is -0.486 e. The Labute approximate surface area is 280 Å². The molecule has 4 aromatic heterocycles. The van der Waals surface area contributed by atoms with Crippen LogP contribution in [0.15, 0.2) is 114 Å². The van der Waals surface area contributed by atoms with Gasteiger partial charge in [0.2, 0.25) is 5.71 Å². The van der Waals surface area contributed by atoms with Gasteiger partial charge in [0.1, 0.15) is 0 Å². The summed E-state index contributed by atoms with van der Waals surface area (Å²) in [6.45, 7) is 8.32. The van der Waals surface area contributed by atoms with Gasteiger partial charge in [0.15, 0.2) is 0 Å². The van der Waals surface area contributed by atoms with Crippen LogP contribution in [0.25, 0.3) is 55.8 Å². The van der Waals surface area contributed by atoms with Crippen LogP contribution in [-0.2, 0) is 20.1 Å². The smallest absolute Gasteiger partial charge is 0.216 e. The number of pyridine rings is 3. The van der Waals surface area contributed by atoms with Crippen LogP contribution < -0.4 is 0 Å². The molecule has 0 saturated carbocycles. The van der Waals surface area contributed by atoms with Crippen LogP contribution in [0.2, 0.25) is 0 Å². The molecule has 0 bridgehead atoms. The third-order valence-electron chi connectivity index (χ3n) is 7.97. The summed E-state index contributed by atoms with van der Waals surface area (Å²) in [5.74, 6) is -0.603. The van der Waals surface area contributed by atoms with Crippen molar-refractivity contribution in [3.8, 4) is 33.8 Å². The first-order valence-corrected chi connectivity index (χ1v) is 15.1. The molecule has 5 heteroatoms. The molecule has 7 rings (SSSR count). The van der Waals surface area contributed by atoms with Gasteiger partial charge >= 0.3 is 0 Å². The average Bonchev–Trinajstić information content (AvgIpc) is 3.47. The summed E-state index contributed by atoms with van der Waals surface area (Å²) in [7, 11) is 0. The second-order valence-corrected chi connectivity index (χ2v) is 10.7. The molecule has 0 amide bonds. The van der Waals surface area contributed by atoms with Crippen molar-refractivity contribution in [2.45, 2.75) is 46.4 Å². The van der Waals surface area contributed by atoms with E-state index in [1.54, 1.807) is 6.20 Å². The van der Waals surface area contributed by atoms with Gasteiger partial charge in [-0.2, -0.15) is 0 Å². The van der Waals surface area contributed by atoms with Crippen molar-refractivity contribution in [1.29, 1.82) is 0 Å². The van der Waals surface area contributed by atoms with Gasteiger partial charge in [0.25, 0.3) is 0 Å². The van der Waals surface area contributed by atoms with E-state index in [-0.39, 0.29) is 20.1 Å². The Morgan fingerprint density at radius 1 is 0.733 bits per heavy atom. The number of aryl methyl sites for hydroxylation is 2. The third-order valence-corrected chi connectivity index (χ3v) is 7.97. The van der Waals surface area contributed by atoms with Crippen molar-refractivity contribution in [1.82, 2.24) is 15.0 Å². The number of hydrogen-bond acceptors (Lipinski definition) is 4. The van der Waals surface area contributed by atoms with E-state index < -0.39 is 5.89 Å². The maximum absolute atomic E-state index is 8.68. The zero-order chi connectivity index (χ0) is 31.4. The van der Waals surface area contributed by atoms with Crippen molar-refractivity contribution < 1.29 is 25.9 Å². The average molecular weight is 767 g/mol. The quantitative estimate of drug-likeness (QED) is 0.158. The van der Waals surface area contributed by atoms with E-state index in [0.29, 0.717) is 5.71 Å². The molecule has 0 unspecified atom stereocenters. The van der Waals surface area contributed by atoms with Crippen molar-refractivity contribution >= 4 is 22.1 Å². The van der Waals surface area contributed by atoms with E-state index >= 15 is 0 Å². The largest absolute Gasteiger partial charge is 0.486 e. The summed E-state index contributed by atoms with van der Waals surface area (Å²) in [6.07, 6.45) is 5.12. The topological polar surface area (TPSA) is 51.8 Å². The van der Waals surface area contributed by atoms with Crippen molar-refractivity contribution in [2.75, 3.05) is 0 Å². The Morgan fingerprint density at radius 2 is 1.51 bits per heavy atom. The fraction of sp³-hybridized carbons (Fsp3) is 0.175. The number of rotatable bonds is 6. The third kappa shape index (κ3) is 6.80. The van der Waals surface area contributed by atoms with E-state index in [4.69, 9.17) is 10.8 Å². The Bertz CT molecular complexity index is 2000. The first-order chi connectivity index (χ1) is 21.9. The van der Waals surface area contributed by atoms with E-state index in [1.807, 2.05) is 86.8 Å². The molecule has 227 valence electrons. The molecular weight excluding hydrogens is 731 g/mol. The van der Waals surface area contributed by atoms with E-state index in [0.717, 1.165) is 68.5 Å². The second kappa shape index (κ2) is 14.6. The normalized spacial score (nSPS) is 11.4. The van der Waals surface area contributed by atoms with Gasteiger partial charge < -0.3 is 14.4 Å². The Balaban J connectivity index is 0.000000269. The van der Waals surface area contributed by atoms with Gasteiger partial charge in [-0.3, -0.25) is 0 Å². The van der Waals surface area contributed by atoms with E-state index in [9.17, 15) is 0 Å². The predicted molar refractivity (Wildman–Crippen MR) is 180 cm³/mol. The molecule has 4 nitrogen and oxygen atoms in total. The van der Waals surface area contributed by atoms with Crippen LogP contribution in [0, 0.1) is 26.0 Å². The Kier molecular flexibility index (Phi) is 9.89. The minimum atomic E-state index is -0.603. The van der Waals surface area contributed by atoms with Gasteiger partial charge in [-0.15, -0.1) is 54.1 Å². The fourth-order valence-corrected chi connectivity index (χ4v) is 5.65. The molecule has 0 atom stereocenters. The number of furan rings is 1.